The van der Waals surface area contributed by atoms with Crippen molar-refractivity contribution in [2.75, 3.05) is 52.5 Å². The second-order valence-corrected chi connectivity index (χ2v) is 8.99. The van der Waals surface area contributed by atoms with Crippen LogP contribution in [0.5, 0.6) is 0 Å². The van der Waals surface area contributed by atoms with Gasteiger partial charge < -0.3 is 15.0 Å². The first-order chi connectivity index (χ1) is 13.1. The third kappa shape index (κ3) is 5.51. The molecule has 0 spiro atoms. The Labute approximate surface area is 161 Å². The minimum absolute atomic E-state index is 0.157. The van der Waals surface area contributed by atoms with Gasteiger partial charge in [-0.25, -0.2) is 8.42 Å². The molecule has 0 atom stereocenters. The van der Waals surface area contributed by atoms with Gasteiger partial charge in [0, 0.05) is 31.7 Å². The predicted octanol–water partition coefficient (Wildman–Crippen LogP) is 1.31. The lowest BCUT2D eigenvalue weighted by Crippen LogP contribution is -2.40. The number of likely N-dealkylation sites (tertiary alicyclic amines) is 1. The summed E-state index contributed by atoms with van der Waals surface area (Å²) in [5.41, 5.74) is 0.375. The normalized spacial score (nSPS) is 20.1. The topological polar surface area (TPSA) is 79.0 Å². The molecule has 8 heteroatoms. The van der Waals surface area contributed by atoms with Crippen LogP contribution in [0.2, 0.25) is 0 Å². The Morgan fingerprint density at radius 2 is 1.74 bits per heavy atom. The predicted molar refractivity (Wildman–Crippen MR) is 103 cm³/mol. The summed E-state index contributed by atoms with van der Waals surface area (Å²) in [7, 11) is -3.59. The van der Waals surface area contributed by atoms with Gasteiger partial charge in [0.1, 0.15) is 0 Å². The second-order valence-electron chi connectivity index (χ2n) is 7.06. The van der Waals surface area contributed by atoms with Crippen molar-refractivity contribution in [2.45, 2.75) is 30.6 Å². The number of carbonyl (C=O) groups is 1. The van der Waals surface area contributed by atoms with Crippen LogP contribution < -0.4 is 5.32 Å². The number of carbonyl (C=O) groups excluding carboxylic acids is 1. The van der Waals surface area contributed by atoms with E-state index in [2.05, 4.69) is 10.2 Å². The molecule has 3 rings (SSSR count). The monoisotopic (exact) mass is 395 g/mol. The molecule has 0 radical (unpaired) electrons. The average Bonchev–Trinajstić information content (AvgIpc) is 2.97. The molecular formula is C19H29N3O4S. The molecule has 1 N–H and O–H groups in total. The molecule has 2 heterocycles. The van der Waals surface area contributed by atoms with Crippen LogP contribution in [0.15, 0.2) is 29.2 Å². The Bertz CT molecular complexity index is 724. The van der Waals surface area contributed by atoms with Gasteiger partial charge in [-0.3, -0.25) is 4.79 Å². The van der Waals surface area contributed by atoms with Crippen LogP contribution in [0.4, 0.5) is 0 Å². The summed E-state index contributed by atoms with van der Waals surface area (Å²) >= 11 is 0. The summed E-state index contributed by atoms with van der Waals surface area (Å²) in [6.07, 6.45) is 5.01. The van der Waals surface area contributed by atoms with E-state index in [9.17, 15) is 13.2 Å². The van der Waals surface area contributed by atoms with Gasteiger partial charge in [0.25, 0.3) is 5.91 Å². The molecule has 0 aromatic heterocycles. The van der Waals surface area contributed by atoms with Crippen LogP contribution in [0.1, 0.15) is 36.0 Å². The van der Waals surface area contributed by atoms with Crippen LogP contribution >= 0.6 is 0 Å². The molecule has 7 nitrogen and oxygen atoms in total. The fourth-order valence-electron chi connectivity index (χ4n) is 3.52. The van der Waals surface area contributed by atoms with Gasteiger partial charge >= 0.3 is 0 Å². The largest absolute Gasteiger partial charge is 0.379 e. The quantitative estimate of drug-likeness (QED) is 0.786. The van der Waals surface area contributed by atoms with Gasteiger partial charge in [-0.2, -0.15) is 4.31 Å². The molecular weight excluding hydrogens is 366 g/mol. The van der Waals surface area contributed by atoms with Gasteiger partial charge in [0.2, 0.25) is 10.0 Å². The number of nitrogens with zero attached hydrogens (tertiary/aromatic N) is 2. The summed E-state index contributed by atoms with van der Waals surface area (Å²) in [6.45, 7) is 5.05. The summed E-state index contributed by atoms with van der Waals surface area (Å²) in [6, 6.07) is 6.28. The first kappa shape index (κ1) is 20.3. The van der Waals surface area contributed by atoms with E-state index in [0.717, 1.165) is 19.6 Å². The zero-order chi connectivity index (χ0) is 19.1. The maximum absolute atomic E-state index is 12.7. The Morgan fingerprint density at radius 3 is 2.44 bits per heavy atom. The van der Waals surface area contributed by atoms with Crippen LogP contribution in [0, 0.1) is 0 Å². The number of benzene rings is 1. The zero-order valence-electron chi connectivity index (χ0n) is 15.7. The van der Waals surface area contributed by atoms with Crippen molar-refractivity contribution in [1.29, 1.82) is 0 Å². The maximum atomic E-state index is 12.7. The second kappa shape index (κ2) is 9.64. The van der Waals surface area contributed by atoms with E-state index >= 15 is 0 Å². The first-order valence-corrected chi connectivity index (χ1v) is 11.2. The Kier molecular flexibility index (Phi) is 7.23. The molecule has 150 valence electrons. The van der Waals surface area contributed by atoms with Crippen molar-refractivity contribution in [3.8, 4) is 0 Å². The fourth-order valence-corrected chi connectivity index (χ4v) is 4.98. The van der Waals surface area contributed by atoms with Crippen molar-refractivity contribution < 1.29 is 17.9 Å². The van der Waals surface area contributed by atoms with Crippen molar-refractivity contribution in [2.24, 2.45) is 0 Å². The van der Waals surface area contributed by atoms with E-state index in [0.29, 0.717) is 38.4 Å². The Morgan fingerprint density at radius 1 is 1.04 bits per heavy atom. The Hall–Kier alpha value is -1.48. The average molecular weight is 396 g/mol. The molecule has 2 saturated heterocycles. The van der Waals surface area contributed by atoms with E-state index < -0.39 is 10.0 Å². The first-order valence-electron chi connectivity index (χ1n) is 9.76. The van der Waals surface area contributed by atoms with Gasteiger partial charge in [-0.15, -0.1) is 0 Å². The van der Waals surface area contributed by atoms with E-state index in [1.54, 1.807) is 18.2 Å². The standard InChI is InChI=1S/C19H29N3O4S/c23-19(20-8-11-21-9-3-1-2-4-10-21)17-6-5-7-18(16-17)27(24,25)22-12-14-26-15-13-22/h5-7,16H,1-4,8-15H2,(H,20,23). The molecule has 2 fully saturated rings. The highest BCUT2D eigenvalue weighted by atomic mass is 32.2. The number of nitrogens with one attached hydrogen (secondary N) is 1. The minimum atomic E-state index is -3.59. The van der Waals surface area contributed by atoms with Crippen LogP contribution in [-0.4, -0.2) is 76.0 Å². The number of hydrogen-bond donors (Lipinski definition) is 1. The number of hydrogen-bond acceptors (Lipinski definition) is 5. The molecule has 2 aliphatic heterocycles. The summed E-state index contributed by atoms with van der Waals surface area (Å²) in [5, 5.41) is 2.92. The summed E-state index contributed by atoms with van der Waals surface area (Å²) in [5.74, 6) is -0.233. The smallest absolute Gasteiger partial charge is 0.251 e. The number of amides is 1. The lowest BCUT2D eigenvalue weighted by atomic mass is 10.2. The lowest BCUT2D eigenvalue weighted by Gasteiger charge is -2.26. The summed E-state index contributed by atoms with van der Waals surface area (Å²) < 4.78 is 32.1. The van der Waals surface area contributed by atoms with Crippen LogP contribution in [0.3, 0.4) is 0 Å². The molecule has 1 aromatic rings. The van der Waals surface area contributed by atoms with Gasteiger partial charge in [0.05, 0.1) is 18.1 Å². The highest BCUT2D eigenvalue weighted by Gasteiger charge is 2.26. The zero-order valence-corrected chi connectivity index (χ0v) is 16.5. The number of rotatable bonds is 6. The molecule has 0 bridgehead atoms. The van der Waals surface area contributed by atoms with Crippen molar-refractivity contribution in [1.82, 2.24) is 14.5 Å². The highest BCUT2D eigenvalue weighted by Crippen LogP contribution is 2.18. The molecule has 0 aliphatic carbocycles. The summed E-state index contributed by atoms with van der Waals surface area (Å²) in [4.78, 5) is 15.0. The third-order valence-corrected chi connectivity index (χ3v) is 7.01. The van der Waals surface area contributed by atoms with Crippen molar-refractivity contribution in [3.63, 3.8) is 0 Å². The number of morpholine rings is 1. The van der Waals surface area contributed by atoms with Crippen molar-refractivity contribution in [3.05, 3.63) is 29.8 Å². The van der Waals surface area contributed by atoms with Crippen molar-refractivity contribution >= 4 is 15.9 Å². The molecule has 1 amide bonds. The maximum Gasteiger partial charge on any atom is 0.251 e. The van der Waals surface area contributed by atoms with Gasteiger partial charge in [-0.05, 0) is 44.1 Å². The van der Waals surface area contributed by atoms with Crippen LogP contribution in [0.25, 0.3) is 0 Å². The Balaban J connectivity index is 1.58. The molecule has 2 aliphatic rings. The number of sulfonamides is 1. The van der Waals surface area contributed by atoms with Gasteiger partial charge in [-0.1, -0.05) is 18.9 Å². The molecule has 0 unspecified atom stereocenters. The lowest BCUT2D eigenvalue weighted by molar-refractivity contribution is 0.0730. The van der Waals surface area contributed by atoms with Gasteiger partial charge in [0.15, 0.2) is 0 Å². The third-order valence-electron chi connectivity index (χ3n) is 5.12. The fraction of sp³-hybridized carbons (Fsp3) is 0.632. The SMILES string of the molecule is O=C(NCCN1CCCCCC1)c1cccc(S(=O)(=O)N2CCOCC2)c1. The number of ether oxygens (including phenoxy) is 1. The van der Waals surface area contributed by atoms with E-state index in [4.69, 9.17) is 4.74 Å². The minimum Gasteiger partial charge on any atom is -0.379 e. The van der Waals surface area contributed by atoms with E-state index in [-0.39, 0.29) is 10.8 Å². The van der Waals surface area contributed by atoms with E-state index in [1.807, 2.05) is 0 Å². The highest BCUT2D eigenvalue weighted by molar-refractivity contribution is 7.89. The van der Waals surface area contributed by atoms with Crippen LogP contribution in [-0.2, 0) is 14.8 Å². The molecule has 0 saturated carbocycles. The molecule has 1 aromatic carbocycles. The molecule has 27 heavy (non-hydrogen) atoms. The van der Waals surface area contributed by atoms with E-state index in [1.165, 1.54) is 36.1 Å².